The number of fused-ring (bicyclic) bond motifs is 1. The lowest BCUT2D eigenvalue weighted by Gasteiger charge is -2.18. The highest BCUT2D eigenvalue weighted by molar-refractivity contribution is 5.88. The zero-order chi connectivity index (χ0) is 24.0. The number of carbonyl (C=O) groups excluding carboxylic acids is 1. The summed E-state index contributed by atoms with van der Waals surface area (Å²) in [7, 11) is 0. The largest absolute Gasteiger partial charge is 0.442 e. The Balaban J connectivity index is 1.68. The third-order valence-electron chi connectivity index (χ3n) is 4.74. The van der Waals surface area contributed by atoms with Gasteiger partial charge in [0.25, 0.3) is 0 Å². The number of nitrogen functional groups attached to an aromatic ring is 1. The predicted octanol–water partition coefficient (Wildman–Crippen LogP) is 5.54. The van der Waals surface area contributed by atoms with Crippen LogP contribution < -0.4 is 5.73 Å². The van der Waals surface area contributed by atoms with Crippen molar-refractivity contribution >= 4 is 22.7 Å². The van der Waals surface area contributed by atoms with Crippen LogP contribution in [0.5, 0.6) is 0 Å². The number of carbonyl (C=O) groups is 1. The number of ether oxygens (including phenoxy) is 1. The molecule has 0 saturated heterocycles. The van der Waals surface area contributed by atoms with Gasteiger partial charge in [-0.3, -0.25) is 4.98 Å². The standard InChI is InChI=1S/C23H20F3N5O2/c1-22(2,3)33-21(32)31-12-16(11-30-31)15-7-18(20(27)29-10-15)19-8-13-4-5-17(23(24,25)26)6-14(13)9-28-19/h4-12H,1-3H3,(H2,27,29). The van der Waals surface area contributed by atoms with Gasteiger partial charge in [-0.25, -0.2) is 9.78 Å². The van der Waals surface area contributed by atoms with Gasteiger partial charge in [-0.05, 0) is 50.4 Å². The van der Waals surface area contributed by atoms with Gasteiger partial charge < -0.3 is 10.5 Å². The SMILES string of the molecule is CC(C)(C)OC(=O)n1cc(-c2cnc(N)c(-c3cc4ccc(C(F)(F)F)cc4cn3)c2)cn1. The van der Waals surface area contributed by atoms with Crippen LogP contribution in [-0.4, -0.2) is 31.4 Å². The molecule has 0 spiro atoms. The Morgan fingerprint density at radius 2 is 1.73 bits per heavy atom. The number of rotatable bonds is 2. The molecule has 0 aliphatic heterocycles. The van der Waals surface area contributed by atoms with E-state index in [1.807, 2.05) is 0 Å². The van der Waals surface area contributed by atoms with Gasteiger partial charge in [0.2, 0.25) is 0 Å². The topological polar surface area (TPSA) is 95.9 Å². The minimum absolute atomic E-state index is 0.206. The lowest BCUT2D eigenvalue weighted by atomic mass is 10.0. The van der Waals surface area contributed by atoms with Crippen molar-refractivity contribution in [1.29, 1.82) is 0 Å². The van der Waals surface area contributed by atoms with Gasteiger partial charge in [0.1, 0.15) is 11.4 Å². The molecule has 10 heteroatoms. The van der Waals surface area contributed by atoms with E-state index in [0.717, 1.165) is 16.8 Å². The van der Waals surface area contributed by atoms with E-state index in [1.165, 1.54) is 30.9 Å². The number of aromatic nitrogens is 4. The van der Waals surface area contributed by atoms with Crippen molar-refractivity contribution in [1.82, 2.24) is 19.7 Å². The first-order valence-electron chi connectivity index (χ1n) is 9.92. The normalized spacial score (nSPS) is 12.2. The van der Waals surface area contributed by atoms with E-state index in [0.29, 0.717) is 33.2 Å². The summed E-state index contributed by atoms with van der Waals surface area (Å²) in [6, 6.07) is 6.85. The van der Waals surface area contributed by atoms with E-state index in [-0.39, 0.29) is 5.82 Å². The Bertz CT molecular complexity index is 1360. The van der Waals surface area contributed by atoms with Crippen LogP contribution in [0, 0.1) is 0 Å². The molecule has 0 bridgehead atoms. The molecule has 33 heavy (non-hydrogen) atoms. The number of alkyl halides is 3. The summed E-state index contributed by atoms with van der Waals surface area (Å²) < 4.78 is 45.3. The first-order chi connectivity index (χ1) is 15.4. The average molecular weight is 455 g/mol. The number of nitrogens with two attached hydrogens (primary N) is 1. The number of halogens is 3. The van der Waals surface area contributed by atoms with Gasteiger partial charge in [0, 0.05) is 40.7 Å². The lowest BCUT2D eigenvalue weighted by molar-refractivity contribution is -0.137. The third-order valence-corrected chi connectivity index (χ3v) is 4.74. The molecule has 0 atom stereocenters. The molecule has 7 nitrogen and oxygen atoms in total. The maximum absolute atomic E-state index is 13.0. The summed E-state index contributed by atoms with van der Waals surface area (Å²) in [6.07, 6.45) is 0.856. The van der Waals surface area contributed by atoms with E-state index in [4.69, 9.17) is 10.5 Å². The van der Waals surface area contributed by atoms with Gasteiger partial charge >= 0.3 is 12.3 Å². The number of nitrogens with zero attached hydrogens (tertiary/aromatic N) is 4. The van der Waals surface area contributed by atoms with Crippen molar-refractivity contribution in [3.8, 4) is 22.4 Å². The van der Waals surface area contributed by atoms with Crippen molar-refractivity contribution < 1.29 is 22.7 Å². The summed E-state index contributed by atoms with van der Waals surface area (Å²) in [5.74, 6) is 0.206. The predicted molar refractivity (Wildman–Crippen MR) is 117 cm³/mol. The smallest absolute Gasteiger partial charge is 0.435 e. The Morgan fingerprint density at radius 3 is 2.42 bits per heavy atom. The molecule has 4 rings (SSSR count). The van der Waals surface area contributed by atoms with Crippen LogP contribution >= 0.6 is 0 Å². The van der Waals surface area contributed by atoms with Crippen LogP contribution in [0.4, 0.5) is 23.8 Å². The van der Waals surface area contributed by atoms with E-state index >= 15 is 0 Å². The molecule has 0 amide bonds. The molecule has 170 valence electrons. The average Bonchev–Trinajstić information content (AvgIpc) is 3.22. The highest BCUT2D eigenvalue weighted by Gasteiger charge is 2.30. The van der Waals surface area contributed by atoms with Crippen LogP contribution in [0.2, 0.25) is 0 Å². The summed E-state index contributed by atoms with van der Waals surface area (Å²) in [6.45, 7) is 5.27. The number of benzene rings is 1. The fourth-order valence-corrected chi connectivity index (χ4v) is 3.18. The second kappa shape index (κ2) is 7.88. The van der Waals surface area contributed by atoms with E-state index in [9.17, 15) is 18.0 Å². The van der Waals surface area contributed by atoms with E-state index in [1.54, 1.807) is 32.9 Å². The van der Waals surface area contributed by atoms with Gasteiger partial charge in [-0.15, -0.1) is 0 Å². The molecular weight excluding hydrogens is 435 g/mol. The maximum atomic E-state index is 13.0. The van der Waals surface area contributed by atoms with Crippen LogP contribution in [0.1, 0.15) is 26.3 Å². The molecular formula is C23H20F3N5O2. The summed E-state index contributed by atoms with van der Waals surface area (Å²) >= 11 is 0. The maximum Gasteiger partial charge on any atom is 0.435 e. The Labute approximate surface area is 187 Å². The number of hydrogen-bond acceptors (Lipinski definition) is 6. The Hall–Kier alpha value is -3.95. The molecule has 0 aliphatic carbocycles. The first kappa shape index (κ1) is 22.3. The van der Waals surface area contributed by atoms with Crippen LogP contribution in [0.15, 0.2) is 55.1 Å². The minimum atomic E-state index is -4.43. The molecule has 2 N–H and O–H groups in total. The van der Waals surface area contributed by atoms with Crippen molar-refractivity contribution in [2.45, 2.75) is 32.5 Å². The number of pyridine rings is 2. The highest BCUT2D eigenvalue weighted by atomic mass is 19.4. The van der Waals surface area contributed by atoms with Crippen molar-refractivity contribution in [3.05, 3.63) is 60.7 Å². The molecule has 4 aromatic rings. The Morgan fingerprint density at radius 1 is 0.970 bits per heavy atom. The zero-order valence-electron chi connectivity index (χ0n) is 18.0. The second-order valence-corrected chi connectivity index (χ2v) is 8.44. The quantitative estimate of drug-likeness (QED) is 0.426. The lowest BCUT2D eigenvalue weighted by Crippen LogP contribution is -2.27. The van der Waals surface area contributed by atoms with Gasteiger partial charge in [-0.2, -0.15) is 23.0 Å². The van der Waals surface area contributed by atoms with Crippen molar-refractivity contribution in [2.24, 2.45) is 0 Å². The monoisotopic (exact) mass is 455 g/mol. The fraction of sp³-hybridized carbons (Fsp3) is 0.217. The second-order valence-electron chi connectivity index (χ2n) is 8.44. The van der Waals surface area contributed by atoms with Gasteiger partial charge in [-0.1, -0.05) is 6.07 Å². The van der Waals surface area contributed by atoms with Gasteiger partial charge in [0.15, 0.2) is 0 Å². The molecule has 1 aromatic carbocycles. The van der Waals surface area contributed by atoms with E-state index in [2.05, 4.69) is 15.1 Å². The first-order valence-corrected chi connectivity index (χ1v) is 9.92. The molecule has 0 radical (unpaired) electrons. The summed E-state index contributed by atoms with van der Waals surface area (Å²) in [5, 5.41) is 4.98. The molecule has 3 aromatic heterocycles. The fourth-order valence-electron chi connectivity index (χ4n) is 3.18. The summed E-state index contributed by atoms with van der Waals surface area (Å²) in [4.78, 5) is 20.7. The van der Waals surface area contributed by atoms with Crippen molar-refractivity contribution in [3.63, 3.8) is 0 Å². The van der Waals surface area contributed by atoms with Crippen LogP contribution in [0.3, 0.4) is 0 Å². The molecule has 0 aliphatic rings. The van der Waals surface area contributed by atoms with Crippen molar-refractivity contribution in [2.75, 3.05) is 5.73 Å². The Kier molecular flexibility index (Phi) is 5.31. The van der Waals surface area contributed by atoms with E-state index < -0.39 is 23.4 Å². The van der Waals surface area contributed by atoms with Gasteiger partial charge in [0.05, 0.1) is 17.5 Å². The zero-order valence-corrected chi connectivity index (χ0v) is 18.0. The molecule has 0 fully saturated rings. The molecule has 0 saturated carbocycles. The third kappa shape index (κ3) is 4.79. The number of hydrogen-bond donors (Lipinski definition) is 1. The highest BCUT2D eigenvalue weighted by Crippen LogP contribution is 2.33. The molecule has 0 unspecified atom stereocenters. The minimum Gasteiger partial charge on any atom is -0.442 e. The number of anilines is 1. The summed E-state index contributed by atoms with van der Waals surface area (Å²) in [5.41, 5.74) is 6.83. The van der Waals surface area contributed by atoms with Crippen LogP contribution in [0.25, 0.3) is 33.2 Å². The molecule has 3 heterocycles. The van der Waals surface area contributed by atoms with Crippen LogP contribution in [-0.2, 0) is 10.9 Å².